The summed E-state index contributed by atoms with van der Waals surface area (Å²) in [4.78, 5) is 4.89. The summed E-state index contributed by atoms with van der Waals surface area (Å²) in [7, 11) is 4.05. The Morgan fingerprint density at radius 3 is 1.88 bits per heavy atom. The van der Waals surface area contributed by atoms with Gasteiger partial charge in [-0.05, 0) is 89.3 Å². The van der Waals surface area contributed by atoms with Crippen molar-refractivity contribution in [3.8, 4) is 0 Å². The summed E-state index contributed by atoms with van der Waals surface area (Å²) in [5.74, 6) is 1.30. The lowest BCUT2D eigenvalue weighted by molar-refractivity contribution is 0.407. The van der Waals surface area contributed by atoms with Gasteiger partial charge in [0.05, 0.1) is 9.99 Å². The highest BCUT2D eigenvalue weighted by Gasteiger charge is 2.53. The van der Waals surface area contributed by atoms with Gasteiger partial charge in [-0.2, -0.15) is 0 Å². The summed E-state index contributed by atoms with van der Waals surface area (Å²) in [6, 6.07) is 20.0. The molecule has 2 unspecified atom stereocenters. The number of alkyl halides is 2. The van der Waals surface area contributed by atoms with Crippen LogP contribution in [0, 0.1) is 0 Å². The van der Waals surface area contributed by atoms with Crippen molar-refractivity contribution in [2.75, 3.05) is 27.2 Å². The minimum absolute atomic E-state index is 0.0386. The van der Waals surface area contributed by atoms with Crippen molar-refractivity contribution in [3.05, 3.63) is 94.3 Å². The van der Waals surface area contributed by atoms with Gasteiger partial charge in [-0.15, -0.1) is 23.2 Å². The average molecular weight is 634 g/mol. The maximum atomic E-state index is 8.56. The third kappa shape index (κ3) is 5.42. The van der Waals surface area contributed by atoms with Crippen molar-refractivity contribution in [3.63, 3.8) is 0 Å². The normalized spacial score (nSPS) is 29.0. The average Bonchev–Trinajstić information content (AvgIpc) is 3.59. The van der Waals surface area contributed by atoms with Gasteiger partial charge in [0.2, 0.25) is 0 Å². The molecule has 3 saturated carbocycles. The van der Waals surface area contributed by atoms with Crippen LogP contribution in [0.3, 0.4) is 0 Å². The molecule has 5 heteroatoms. The molecule has 4 aliphatic carbocycles. The van der Waals surface area contributed by atoms with E-state index in [1.54, 1.807) is 0 Å². The molecular weight excluding hydrogens is 586 g/mol. The Kier molecular flexibility index (Phi) is 8.76. The van der Waals surface area contributed by atoms with Gasteiger partial charge in [0.1, 0.15) is 5.82 Å². The van der Waals surface area contributed by atoms with Crippen LogP contribution in [0.5, 0.6) is 0 Å². The van der Waals surface area contributed by atoms with E-state index in [1.807, 2.05) is 0 Å². The zero-order valence-electron chi connectivity index (χ0n) is 26.0. The van der Waals surface area contributed by atoms with Gasteiger partial charge in [0.15, 0.2) is 0 Å². The first-order chi connectivity index (χ1) is 21.0. The van der Waals surface area contributed by atoms with E-state index in [0.717, 1.165) is 37.2 Å². The molecule has 2 atom stereocenters. The fourth-order valence-corrected chi connectivity index (χ4v) is 14.9. The fraction of sp³-hybridized carbons (Fsp3) is 0.526. The van der Waals surface area contributed by atoms with Crippen LogP contribution in [0.1, 0.15) is 93.7 Å². The zero-order valence-corrected chi connectivity index (χ0v) is 28.4. The molecule has 7 rings (SSSR count). The van der Waals surface area contributed by atoms with Gasteiger partial charge < -0.3 is 9.80 Å². The van der Waals surface area contributed by atoms with E-state index in [9.17, 15) is 0 Å². The van der Waals surface area contributed by atoms with Crippen LogP contribution >= 0.6 is 31.1 Å². The monoisotopic (exact) mass is 632 g/mol. The molecule has 0 N–H and O–H groups in total. The second kappa shape index (κ2) is 12.6. The summed E-state index contributed by atoms with van der Waals surface area (Å²) in [6.07, 6.45) is 18.1. The third-order valence-corrected chi connectivity index (χ3v) is 16.2. The van der Waals surface area contributed by atoms with Crippen molar-refractivity contribution in [2.45, 2.75) is 98.4 Å². The van der Waals surface area contributed by atoms with Crippen molar-refractivity contribution in [1.29, 1.82) is 0 Å². The Balaban J connectivity index is 1.52. The molecule has 2 aromatic carbocycles. The predicted molar refractivity (Wildman–Crippen MR) is 187 cm³/mol. The molecule has 4 fully saturated rings. The lowest BCUT2D eigenvalue weighted by atomic mass is 9.83. The highest BCUT2D eigenvalue weighted by molar-refractivity contribution is 7.63. The van der Waals surface area contributed by atoms with Crippen LogP contribution in [0.15, 0.2) is 77.6 Å². The quantitative estimate of drug-likeness (QED) is 0.244. The second-order valence-corrected chi connectivity index (χ2v) is 18.1. The predicted octanol–water partition coefficient (Wildman–Crippen LogP) is 10.5. The first-order valence-electron chi connectivity index (χ1n) is 16.9. The van der Waals surface area contributed by atoms with Crippen molar-refractivity contribution in [1.82, 2.24) is 9.80 Å². The fourth-order valence-electron chi connectivity index (χ4n) is 8.94. The van der Waals surface area contributed by atoms with Crippen LogP contribution in [0.25, 0.3) is 11.1 Å². The SMILES string of the molecule is CN1CCN(C)C1=C1C(=C2C=C(c3ccccc3)c3ccccc32)C(Cl)(P(C2CCCCC2)C2CCCCC2)CCC1Cl. The highest BCUT2D eigenvalue weighted by Crippen LogP contribution is 2.72. The van der Waals surface area contributed by atoms with Crippen molar-refractivity contribution < 1.29 is 0 Å². The summed E-state index contributed by atoms with van der Waals surface area (Å²) in [5, 5.41) is -0.0386. The van der Waals surface area contributed by atoms with Crippen molar-refractivity contribution >= 4 is 42.3 Å². The molecule has 1 saturated heterocycles. The molecule has 43 heavy (non-hydrogen) atoms. The minimum Gasteiger partial charge on any atom is -0.359 e. The lowest BCUT2D eigenvalue weighted by Gasteiger charge is -2.52. The Morgan fingerprint density at radius 2 is 1.28 bits per heavy atom. The van der Waals surface area contributed by atoms with Crippen LogP contribution in [-0.2, 0) is 0 Å². The molecular formula is C38H47Cl2N2P. The molecule has 2 nitrogen and oxygen atoms in total. The van der Waals surface area contributed by atoms with Crippen LogP contribution in [0.2, 0.25) is 0 Å². The van der Waals surface area contributed by atoms with E-state index in [0.29, 0.717) is 0 Å². The number of hydrogen-bond acceptors (Lipinski definition) is 2. The van der Waals surface area contributed by atoms with E-state index in [2.05, 4.69) is 84.6 Å². The number of halogens is 2. The van der Waals surface area contributed by atoms with E-state index >= 15 is 0 Å². The first-order valence-corrected chi connectivity index (χ1v) is 19.2. The smallest absolute Gasteiger partial charge is 0.109 e. The summed E-state index contributed by atoms with van der Waals surface area (Å²) >= 11 is 16.1. The van der Waals surface area contributed by atoms with Crippen LogP contribution in [0.4, 0.5) is 0 Å². The molecule has 0 spiro atoms. The second-order valence-electron chi connectivity index (χ2n) is 13.6. The Morgan fingerprint density at radius 1 is 0.721 bits per heavy atom. The maximum Gasteiger partial charge on any atom is 0.109 e. The molecule has 5 aliphatic rings. The zero-order chi connectivity index (χ0) is 29.6. The van der Waals surface area contributed by atoms with Gasteiger partial charge in [-0.1, -0.05) is 101 Å². The Bertz CT molecular complexity index is 1390. The molecule has 1 aliphatic heterocycles. The number of rotatable bonds is 4. The topological polar surface area (TPSA) is 6.48 Å². The first kappa shape index (κ1) is 30.0. The molecule has 0 amide bonds. The molecule has 1 heterocycles. The summed E-state index contributed by atoms with van der Waals surface area (Å²) in [6.45, 7) is 2.05. The minimum atomic E-state index is -0.451. The number of likely N-dealkylation sites (N-methyl/N-ethyl adjacent to an activating group) is 2. The van der Waals surface area contributed by atoms with E-state index in [4.69, 9.17) is 23.2 Å². The van der Waals surface area contributed by atoms with E-state index in [1.165, 1.54) is 109 Å². The number of hydrogen-bond donors (Lipinski definition) is 0. The molecule has 0 bridgehead atoms. The van der Waals surface area contributed by atoms with E-state index in [-0.39, 0.29) is 9.99 Å². The molecule has 0 radical (unpaired) electrons. The van der Waals surface area contributed by atoms with Crippen LogP contribution < -0.4 is 0 Å². The van der Waals surface area contributed by atoms with Gasteiger partial charge in [-0.25, -0.2) is 0 Å². The number of fused-ring (bicyclic) bond motifs is 1. The summed E-state index contributed by atoms with van der Waals surface area (Å²) in [5.41, 5.74) is 10.8. The van der Waals surface area contributed by atoms with Gasteiger partial charge in [0, 0.05) is 32.8 Å². The third-order valence-electron chi connectivity index (χ3n) is 10.9. The Hall–Kier alpha value is -1.73. The Labute approximate surface area is 271 Å². The largest absolute Gasteiger partial charge is 0.359 e. The summed E-state index contributed by atoms with van der Waals surface area (Å²) < 4.78 is -0.373. The molecule has 2 aromatic rings. The maximum absolute atomic E-state index is 8.56. The van der Waals surface area contributed by atoms with Crippen molar-refractivity contribution in [2.24, 2.45) is 0 Å². The van der Waals surface area contributed by atoms with Gasteiger partial charge in [-0.3, -0.25) is 0 Å². The highest BCUT2D eigenvalue weighted by atomic mass is 35.5. The van der Waals surface area contributed by atoms with E-state index < -0.39 is 7.92 Å². The number of benzene rings is 2. The van der Waals surface area contributed by atoms with Crippen LogP contribution in [-0.4, -0.2) is 58.3 Å². The standard InChI is InChI=1S/C38H47Cl2N2P/c1-41-24-25-42(2)37(41)35-34(39)22-23-38(40,43(28-16-8-4-9-17-28)29-18-10-5-11-19-29)36(35)33-26-32(27-14-6-3-7-15-27)30-20-12-13-21-31(30)33/h3,6-7,12-15,20-21,26,28-29,34H,4-5,8-11,16-19,22-25H2,1-2H3. The molecule has 0 aromatic heterocycles. The lowest BCUT2D eigenvalue weighted by Crippen LogP contribution is -2.41. The van der Waals surface area contributed by atoms with Gasteiger partial charge >= 0.3 is 0 Å². The number of allylic oxidation sites excluding steroid dienone is 4. The van der Waals surface area contributed by atoms with Gasteiger partial charge in [0.25, 0.3) is 0 Å². The molecule has 228 valence electrons. The number of nitrogens with zero attached hydrogens (tertiary/aromatic N) is 2.